The van der Waals surface area contributed by atoms with Gasteiger partial charge in [0.05, 0.1) is 12.2 Å². The first-order chi connectivity index (χ1) is 6.07. The summed E-state index contributed by atoms with van der Waals surface area (Å²) >= 11 is 0. The van der Waals surface area contributed by atoms with Gasteiger partial charge < -0.3 is 15.3 Å². The normalized spacial score (nSPS) is 19.3. The maximum absolute atomic E-state index is 10.9. The number of carboxylic acids is 2. The summed E-state index contributed by atoms with van der Waals surface area (Å²) in [6.45, 7) is 0. The predicted molar refractivity (Wildman–Crippen MR) is 46.5 cm³/mol. The van der Waals surface area contributed by atoms with Crippen molar-refractivity contribution in [2.24, 2.45) is 0 Å². The van der Waals surface area contributed by atoms with Crippen molar-refractivity contribution in [1.82, 2.24) is 0 Å². The van der Waals surface area contributed by atoms with Gasteiger partial charge >= 0.3 is 11.9 Å². The number of carbonyl (C=O) groups is 2. The smallest absolute Gasteiger partial charge is 0.337 e. The molecule has 7 nitrogen and oxygen atoms in total. The van der Waals surface area contributed by atoms with E-state index in [4.69, 9.17) is 15.0 Å². The first kappa shape index (κ1) is 12.8. The van der Waals surface area contributed by atoms with Gasteiger partial charge in [-0.05, 0) is 0 Å². The molecule has 4 N–H and O–H groups in total. The maximum atomic E-state index is 10.9. The highest BCUT2D eigenvalue weighted by molar-refractivity contribution is 7.91. The molecule has 0 saturated heterocycles. The molecule has 0 spiro atoms. The van der Waals surface area contributed by atoms with E-state index < -0.39 is 39.4 Å². The van der Waals surface area contributed by atoms with Crippen LogP contribution < -0.4 is 0 Å². The first-order valence-electron chi connectivity index (χ1n) is 3.46. The van der Waals surface area contributed by atoms with Crippen LogP contribution in [0, 0.1) is 4.78 Å². The van der Waals surface area contributed by atoms with E-state index in [1.165, 1.54) is 0 Å². The summed E-state index contributed by atoms with van der Waals surface area (Å²) in [5, 5.41) is 26.2. The molecule has 0 aromatic carbocycles. The van der Waals surface area contributed by atoms with E-state index in [0.29, 0.717) is 0 Å². The van der Waals surface area contributed by atoms with Crippen LogP contribution in [0.25, 0.3) is 0 Å². The molecule has 0 aliphatic heterocycles. The minimum atomic E-state index is -3.27. The van der Waals surface area contributed by atoms with Crippen molar-refractivity contribution in [3.05, 3.63) is 0 Å². The van der Waals surface area contributed by atoms with Gasteiger partial charge in [0, 0.05) is 16.0 Å². The molecule has 0 radical (unpaired) electrons. The third-order valence-corrected chi connectivity index (χ3v) is 2.38. The lowest BCUT2D eigenvalue weighted by Gasteiger charge is -2.20. The zero-order valence-corrected chi connectivity index (χ0v) is 8.21. The fraction of sp³-hybridized carbons (Fsp3) is 0.667. The highest BCUT2D eigenvalue weighted by atomic mass is 32.2. The first-order valence-corrected chi connectivity index (χ1v) is 5.59. The van der Waals surface area contributed by atoms with E-state index in [1.807, 2.05) is 0 Å². The molecule has 2 unspecified atom stereocenters. The molecule has 82 valence electrons. The fourth-order valence-corrected chi connectivity index (χ4v) is 2.03. The fourth-order valence-electron chi connectivity index (χ4n) is 0.894. The van der Waals surface area contributed by atoms with Crippen molar-refractivity contribution in [1.29, 1.82) is 4.78 Å². The average Bonchev–Trinajstić information content (AvgIpc) is 1.79. The summed E-state index contributed by atoms with van der Waals surface area (Å²) < 4.78 is 17.9. The van der Waals surface area contributed by atoms with Crippen LogP contribution in [0.1, 0.15) is 6.42 Å². The highest BCUT2D eigenvalue weighted by Crippen LogP contribution is 2.13. The molecule has 0 aliphatic rings. The van der Waals surface area contributed by atoms with Gasteiger partial charge in [-0.15, -0.1) is 0 Å². The molecule has 0 fully saturated rings. The van der Waals surface area contributed by atoms with E-state index in [1.54, 1.807) is 0 Å². The van der Waals surface area contributed by atoms with E-state index in [2.05, 4.69) is 0 Å². The Balaban J connectivity index is 4.92. The lowest BCUT2D eigenvalue weighted by atomic mass is 10.0. The van der Waals surface area contributed by atoms with Gasteiger partial charge in [0.2, 0.25) is 0 Å². The Morgan fingerprint density at radius 3 is 2.07 bits per heavy atom. The van der Waals surface area contributed by atoms with Crippen LogP contribution >= 0.6 is 0 Å². The molecular weight excluding hydrogens is 214 g/mol. The molecule has 0 saturated carbocycles. The van der Waals surface area contributed by atoms with Crippen molar-refractivity contribution < 1.29 is 29.1 Å². The van der Waals surface area contributed by atoms with Crippen LogP contribution in [-0.4, -0.2) is 49.1 Å². The van der Waals surface area contributed by atoms with Crippen LogP contribution in [0.3, 0.4) is 0 Å². The van der Waals surface area contributed by atoms with E-state index in [0.717, 1.165) is 6.26 Å². The Bertz CT molecular complexity index is 347. The van der Waals surface area contributed by atoms with E-state index >= 15 is 0 Å². The second-order valence-electron chi connectivity index (χ2n) is 3.06. The molecule has 0 aromatic heterocycles. The third-order valence-electron chi connectivity index (χ3n) is 1.36. The predicted octanol–water partition coefficient (Wildman–Crippen LogP) is -1.05. The summed E-state index contributed by atoms with van der Waals surface area (Å²) in [5.74, 6) is -4.22. The number of rotatable bonds is 5. The van der Waals surface area contributed by atoms with Crippen molar-refractivity contribution in [2.75, 3.05) is 12.0 Å². The van der Waals surface area contributed by atoms with Crippen molar-refractivity contribution >= 4 is 21.7 Å². The zero-order chi connectivity index (χ0) is 11.6. The number of hydrogen-bond acceptors (Lipinski definition) is 5. The molecule has 2 atom stereocenters. The van der Waals surface area contributed by atoms with Crippen molar-refractivity contribution in [3.8, 4) is 0 Å². The standard InChI is InChI=1S/C6H11NO6S/c1-14(7,13)3-6(12,5(10)11)2-4(8)9/h7,12H,2-3H2,1H3,(H,8,9)(H,10,11). The Labute approximate surface area is 80.3 Å². The molecule has 0 heterocycles. The van der Waals surface area contributed by atoms with Gasteiger partial charge in [0.15, 0.2) is 5.60 Å². The van der Waals surface area contributed by atoms with Crippen molar-refractivity contribution in [2.45, 2.75) is 12.0 Å². The SMILES string of the molecule is CS(=N)(=O)CC(O)(CC(=O)O)C(=O)O. The molecular formula is C6H11NO6S. The average molecular weight is 225 g/mol. The molecule has 8 heteroatoms. The molecule has 0 aromatic rings. The molecule has 14 heavy (non-hydrogen) atoms. The second-order valence-corrected chi connectivity index (χ2v) is 5.36. The Hall–Kier alpha value is -1.15. The second kappa shape index (κ2) is 3.93. The van der Waals surface area contributed by atoms with Crippen LogP contribution in [0.2, 0.25) is 0 Å². The Kier molecular flexibility index (Phi) is 3.60. The largest absolute Gasteiger partial charge is 0.481 e. The number of hydrogen-bond donors (Lipinski definition) is 4. The van der Waals surface area contributed by atoms with Crippen molar-refractivity contribution in [3.63, 3.8) is 0 Å². The minimum Gasteiger partial charge on any atom is -0.481 e. The molecule has 0 amide bonds. The summed E-state index contributed by atoms with van der Waals surface area (Å²) in [7, 11) is -3.27. The third kappa shape index (κ3) is 4.19. The van der Waals surface area contributed by atoms with Crippen LogP contribution in [0.5, 0.6) is 0 Å². The van der Waals surface area contributed by atoms with Crippen LogP contribution in [-0.2, 0) is 19.3 Å². The highest BCUT2D eigenvalue weighted by Gasteiger charge is 2.40. The summed E-state index contributed by atoms with van der Waals surface area (Å²) in [4.78, 5) is 20.7. The van der Waals surface area contributed by atoms with E-state index in [-0.39, 0.29) is 0 Å². The maximum Gasteiger partial charge on any atom is 0.337 e. The number of aliphatic carboxylic acids is 2. The lowest BCUT2D eigenvalue weighted by Crippen LogP contribution is -2.46. The van der Waals surface area contributed by atoms with Crippen LogP contribution in [0.4, 0.5) is 0 Å². The monoisotopic (exact) mass is 225 g/mol. The van der Waals surface area contributed by atoms with Gasteiger partial charge in [-0.25, -0.2) is 4.79 Å². The molecule has 0 aliphatic carbocycles. The van der Waals surface area contributed by atoms with E-state index in [9.17, 15) is 18.9 Å². The molecule has 0 bridgehead atoms. The van der Waals surface area contributed by atoms with Gasteiger partial charge in [-0.3, -0.25) is 13.8 Å². The number of nitrogens with one attached hydrogen (secondary N) is 1. The summed E-state index contributed by atoms with van der Waals surface area (Å²) in [5.41, 5.74) is -2.64. The zero-order valence-electron chi connectivity index (χ0n) is 7.39. The summed E-state index contributed by atoms with van der Waals surface area (Å²) in [6.07, 6.45) is -0.144. The van der Waals surface area contributed by atoms with Gasteiger partial charge in [-0.2, -0.15) is 0 Å². The van der Waals surface area contributed by atoms with Crippen LogP contribution in [0.15, 0.2) is 0 Å². The van der Waals surface area contributed by atoms with Gasteiger partial charge in [-0.1, -0.05) is 0 Å². The topological polar surface area (TPSA) is 136 Å². The lowest BCUT2D eigenvalue weighted by molar-refractivity contribution is -0.162. The quantitative estimate of drug-likeness (QED) is 0.471. The summed E-state index contributed by atoms with van der Waals surface area (Å²) in [6, 6.07) is 0. The minimum absolute atomic E-state index is 0.901. The molecule has 0 rings (SSSR count). The Morgan fingerprint density at radius 1 is 1.43 bits per heavy atom. The van der Waals surface area contributed by atoms with Gasteiger partial charge in [0.1, 0.15) is 0 Å². The number of carboxylic acid groups (broad SMARTS) is 2. The Morgan fingerprint density at radius 2 is 1.86 bits per heavy atom. The van der Waals surface area contributed by atoms with Gasteiger partial charge in [0.25, 0.3) is 0 Å². The number of aliphatic hydroxyl groups is 1.